The molecule has 2 N–H and O–H groups in total. The zero-order chi connectivity index (χ0) is 22.5. The van der Waals surface area contributed by atoms with Gasteiger partial charge in [-0.2, -0.15) is 0 Å². The number of fused-ring (bicyclic) bond motifs is 1. The summed E-state index contributed by atoms with van der Waals surface area (Å²) >= 11 is 11.2. The summed E-state index contributed by atoms with van der Waals surface area (Å²) in [5.41, 5.74) is 1.27. The van der Waals surface area contributed by atoms with Gasteiger partial charge >= 0.3 is 0 Å². The number of aromatic nitrogens is 2. The van der Waals surface area contributed by atoms with Crippen LogP contribution in [0.1, 0.15) is 52.9 Å². The molecule has 6 nitrogen and oxygen atoms in total. The third-order valence-electron chi connectivity index (χ3n) is 6.24. The van der Waals surface area contributed by atoms with Crippen LogP contribution in [0.15, 0.2) is 45.0 Å². The smallest absolute Gasteiger partial charge is 0.256 e. The number of carbonyl (C=O) groups is 1. The second-order valence-electron chi connectivity index (χ2n) is 8.37. The molecule has 9 heteroatoms. The largest absolute Gasteiger partial charge is 0.378 e. The zero-order valence-electron chi connectivity index (χ0n) is 17.1. The van der Waals surface area contributed by atoms with Crippen molar-refractivity contribution in [2.75, 3.05) is 6.54 Å². The molecule has 166 valence electrons. The normalized spacial score (nSPS) is 18.0. The molecule has 1 unspecified atom stereocenters. The quantitative estimate of drug-likeness (QED) is 0.522. The molecule has 2 aromatic heterocycles. The number of amides is 1. The Morgan fingerprint density at radius 1 is 1.34 bits per heavy atom. The Morgan fingerprint density at radius 3 is 2.84 bits per heavy atom. The number of rotatable bonds is 4. The fourth-order valence-corrected chi connectivity index (χ4v) is 6.21. The summed E-state index contributed by atoms with van der Waals surface area (Å²) in [4.78, 5) is 36.7. The molecule has 5 rings (SSSR count). The minimum Gasteiger partial charge on any atom is -0.378 e. The highest BCUT2D eigenvalue weighted by Gasteiger charge is 2.49. The molecule has 1 amide bonds. The summed E-state index contributed by atoms with van der Waals surface area (Å²) in [6, 6.07) is 8.73. The molecule has 1 aromatic carbocycles. The summed E-state index contributed by atoms with van der Waals surface area (Å²) in [6.45, 7) is 0.580. The lowest BCUT2D eigenvalue weighted by Crippen LogP contribution is -2.36. The molecular formula is C23H21BrClN3O3S. The molecule has 1 fully saturated rings. The van der Waals surface area contributed by atoms with Crippen LogP contribution < -0.4 is 5.56 Å². The Labute approximate surface area is 202 Å². The maximum absolute atomic E-state index is 13.1. The summed E-state index contributed by atoms with van der Waals surface area (Å²) in [5.74, 6) is 0.278. The van der Waals surface area contributed by atoms with Crippen LogP contribution in [0.4, 0.5) is 0 Å². The van der Waals surface area contributed by atoms with Crippen molar-refractivity contribution >= 4 is 44.8 Å². The van der Waals surface area contributed by atoms with Gasteiger partial charge in [-0.1, -0.05) is 23.7 Å². The first-order chi connectivity index (χ1) is 15.4. The number of aliphatic hydroxyl groups excluding tert-OH is 1. The van der Waals surface area contributed by atoms with Crippen LogP contribution in [0.5, 0.6) is 0 Å². The van der Waals surface area contributed by atoms with Crippen LogP contribution >= 0.6 is 38.9 Å². The molecule has 2 aliphatic rings. The number of H-pyrrole nitrogens is 1. The first-order valence-corrected chi connectivity index (χ1v) is 12.5. The number of aromatic amines is 1. The van der Waals surface area contributed by atoms with E-state index in [1.54, 1.807) is 35.6 Å². The van der Waals surface area contributed by atoms with Crippen LogP contribution in [0.25, 0.3) is 0 Å². The van der Waals surface area contributed by atoms with Crippen LogP contribution in [-0.4, -0.2) is 32.4 Å². The Hall–Kier alpha value is -2.00. The fraction of sp³-hybridized carbons (Fsp3) is 0.348. The van der Waals surface area contributed by atoms with E-state index in [1.165, 1.54) is 9.78 Å². The summed E-state index contributed by atoms with van der Waals surface area (Å²) in [6.07, 6.45) is 1.88. The van der Waals surface area contributed by atoms with E-state index in [1.807, 2.05) is 5.38 Å². The van der Waals surface area contributed by atoms with Crippen molar-refractivity contribution in [3.63, 3.8) is 0 Å². The van der Waals surface area contributed by atoms with Crippen LogP contribution in [0.3, 0.4) is 0 Å². The number of aliphatic hydroxyl groups is 1. The number of carbonyl (C=O) groups excluding carboxylic acids is 1. The average molecular weight is 535 g/mol. The lowest BCUT2D eigenvalue weighted by atomic mass is 10.0. The van der Waals surface area contributed by atoms with Crippen molar-refractivity contribution in [1.29, 1.82) is 0 Å². The minimum atomic E-state index is -1.33. The van der Waals surface area contributed by atoms with Gasteiger partial charge in [0.25, 0.3) is 11.5 Å². The summed E-state index contributed by atoms with van der Waals surface area (Å²) in [7, 11) is 0. The maximum Gasteiger partial charge on any atom is 0.256 e. The molecule has 3 aromatic rings. The van der Waals surface area contributed by atoms with Gasteiger partial charge in [0.15, 0.2) is 6.10 Å². The highest BCUT2D eigenvalue weighted by Crippen LogP contribution is 2.54. The van der Waals surface area contributed by atoms with Crippen LogP contribution in [0, 0.1) is 0 Å². The number of hydrogen-bond donors (Lipinski definition) is 2. The van der Waals surface area contributed by atoms with E-state index in [-0.39, 0.29) is 17.5 Å². The summed E-state index contributed by atoms with van der Waals surface area (Å²) < 4.78 is 1.04. The third kappa shape index (κ3) is 3.94. The van der Waals surface area contributed by atoms with Gasteiger partial charge in [0, 0.05) is 26.3 Å². The molecule has 1 aliphatic carbocycles. The first-order valence-electron chi connectivity index (χ1n) is 10.5. The second-order valence-corrected chi connectivity index (χ2v) is 10.6. The van der Waals surface area contributed by atoms with Gasteiger partial charge < -0.3 is 15.0 Å². The molecule has 1 aliphatic heterocycles. The fourth-order valence-electron chi connectivity index (χ4n) is 4.32. The SMILES string of the molecule is O=C(C(O)c1cccc(Cl)c1)N1CCCc2nc(C3(c4cc(Br)cs4)CC3)[nH]c(=O)c2C1. The molecule has 0 saturated heterocycles. The third-order valence-corrected chi connectivity index (χ3v) is 8.37. The lowest BCUT2D eigenvalue weighted by Gasteiger charge is -2.24. The van der Waals surface area contributed by atoms with Gasteiger partial charge in [0.05, 0.1) is 23.2 Å². The number of halogens is 2. The van der Waals surface area contributed by atoms with E-state index in [0.717, 1.165) is 23.0 Å². The molecule has 1 atom stereocenters. The molecule has 0 radical (unpaired) electrons. The van der Waals surface area contributed by atoms with Crippen molar-refractivity contribution in [2.45, 2.75) is 43.7 Å². The monoisotopic (exact) mass is 533 g/mol. The lowest BCUT2D eigenvalue weighted by molar-refractivity contribution is -0.141. The molecule has 3 heterocycles. The summed E-state index contributed by atoms with van der Waals surface area (Å²) in [5, 5.41) is 13.1. The van der Waals surface area contributed by atoms with Crippen molar-refractivity contribution < 1.29 is 9.90 Å². The Balaban J connectivity index is 1.43. The van der Waals surface area contributed by atoms with E-state index in [2.05, 4.69) is 27.0 Å². The van der Waals surface area contributed by atoms with E-state index in [9.17, 15) is 14.7 Å². The van der Waals surface area contributed by atoms with Crippen molar-refractivity contribution in [3.8, 4) is 0 Å². The average Bonchev–Trinajstić information content (AvgIpc) is 3.52. The number of benzene rings is 1. The van der Waals surface area contributed by atoms with Gasteiger partial charge in [0.1, 0.15) is 5.82 Å². The van der Waals surface area contributed by atoms with E-state index >= 15 is 0 Å². The van der Waals surface area contributed by atoms with Crippen molar-refractivity contribution in [3.05, 3.63) is 83.1 Å². The predicted molar refractivity (Wildman–Crippen MR) is 127 cm³/mol. The van der Waals surface area contributed by atoms with Crippen molar-refractivity contribution in [2.24, 2.45) is 0 Å². The number of nitrogens with one attached hydrogen (secondary N) is 1. The van der Waals surface area contributed by atoms with Gasteiger partial charge in [-0.25, -0.2) is 4.98 Å². The minimum absolute atomic E-state index is 0.131. The highest BCUT2D eigenvalue weighted by molar-refractivity contribution is 9.10. The van der Waals surface area contributed by atoms with Gasteiger partial charge in [-0.3, -0.25) is 9.59 Å². The molecule has 0 spiro atoms. The number of nitrogens with zero attached hydrogens (tertiary/aromatic N) is 2. The van der Waals surface area contributed by atoms with Crippen molar-refractivity contribution in [1.82, 2.24) is 14.9 Å². The zero-order valence-corrected chi connectivity index (χ0v) is 20.3. The molecule has 1 saturated carbocycles. The Kier molecular flexibility index (Phi) is 5.73. The van der Waals surface area contributed by atoms with E-state index in [0.29, 0.717) is 41.4 Å². The predicted octanol–water partition coefficient (Wildman–Crippen LogP) is 4.34. The van der Waals surface area contributed by atoms with E-state index in [4.69, 9.17) is 16.6 Å². The number of aryl methyl sites for hydroxylation is 1. The van der Waals surface area contributed by atoms with E-state index < -0.39 is 12.0 Å². The number of hydrogen-bond acceptors (Lipinski definition) is 5. The van der Waals surface area contributed by atoms with Gasteiger partial charge in [-0.15, -0.1) is 11.3 Å². The van der Waals surface area contributed by atoms with Crippen LogP contribution in [-0.2, 0) is 23.2 Å². The Morgan fingerprint density at radius 2 is 2.16 bits per heavy atom. The first kappa shape index (κ1) is 21.8. The number of thiophene rings is 1. The van der Waals surface area contributed by atoms with Gasteiger partial charge in [0.2, 0.25) is 0 Å². The molecule has 32 heavy (non-hydrogen) atoms. The molecular weight excluding hydrogens is 514 g/mol. The second kappa shape index (κ2) is 8.41. The standard InChI is InChI=1S/C23H21BrClN3O3S/c24-14-10-18(32-12-14)23(6-7-23)22-26-17-5-2-8-28(11-16(17)20(30)27-22)21(31)19(29)13-3-1-4-15(25)9-13/h1,3-4,9-10,12,19,29H,2,5-8,11H2,(H,26,27,30). The maximum atomic E-state index is 13.1. The van der Waals surface area contributed by atoms with Gasteiger partial charge in [-0.05, 0) is 65.4 Å². The highest BCUT2D eigenvalue weighted by atomic mass is 79.9. The Bertz CT molecular complexity index is 1250. The molecule has 0 bridgehead atoms. The topological polar surface area (TPSA) is 86.3 Å². The van der Waals surface area contributed by atoms with Crippen LogP contribution in [0.2, 0.25) is 5.02 Å².